The Morgan fingerprint density at radius 3 is 3.00 bits per heavy atom. The van der Waals surface area contributed by atoms with Gasteiger partial charge in [-0.25, -0.2) is 4.39 Å². The summed E-state index contributed by atoms with van der Waals surface area (Å²) in [6, 6.07) is 4.35. The number of carbonyl (C=O) groups is 1. The fraction of sp³-hybridized carbons (Fsp3) is 0.500. The number of ether oxygens (including phenoxy) is 1. The molecular formula is C14H19FN2O2. The third-order valence-electron chi connectivity index (χ3n) is 3.44. The van der Waals surface area contributed by atoms with Crippen molar-refractivity contribution in [3.8, 4) is 5.75 Å². The minimum absolute atomic E-state index is 0.0320. The Morgan fingerprint density at radius 2 is 2.37 bits per heavy atom. The van der Waals surface area contributed by atoms with E-state index in [1.807, 2.05) is 0 Å². The van der Waals surface area contributed by atoms with E-state index >= 15 is 0 Å². The molecule has 4 nitrogen and oxygen atoms in total. The molecule has 1 aliphatic heterocycles. The van der Waals surface area contributed by atoms with Gasteiger partial charge in [-0.15, -0.1) is 0 Å². The van der Waals surface area contributed by atoms with E-state index in [0.717, 1.165) is 19.5 Å². The van der Waals surface area contributed by atoms with Gasteiger partial charge in [0.15, 0.2) is 0 Å². The van der Waals surface area contributed by atoms with E-state index in [1.165, 1.54) is 12.1 Å². The van der Waals surface area contributed by atoms with Gasteiger partial charge in [-0.2, -0.15) is 0 Å². The predicted octanol–water partition coefficient (Wildman–Crippen LogP) is 1.40. The molecule has 19 heavy (non-hydrogen) atoms. The third kappa shape index (κ3) is 3.23. The summed E-state index contributed by atoms with van der Waals surface area (Å²) in [5.74, 6) is 0.408. The normalized spacial score (nSPS) is 18.4. The first kappa shape index (κ1) is 13.8. The van der Waals surface area contributed by atoms with Crippen molar-refractivity contribution < 1.29 is 13.9 Å². The first-order valence-corrected chi connectivity index (χ1v) is 6.40. The molecule has 0 spiro atoms. The van der Waals surface area contributed by atoms with Crippen molar-refractivity contribution in [3.63, 3.8) is 0 Å². The van der Waals surface area contributed by atoms with Crippen molar-refractivity contribution in [2.75, 3.05) is 27.2 Å². The number of halogens is 1. The molecule has 1 atom stereocenters. The smallest absolute Gasteiger partial charge is 0.227 e. The lowest BCUT2D eigenvalue weighted by Gasteiger charge is -2.21. The molecule has 0 saturated carbocycles. The summed E-state index contributed by atoms with van der Waals surface area (Å²) in [6.45, 7) is 1.97. The first-order valence-electron chi connectivity index (χ1n) is 6.40. The molecule has 0 bridgehead atoms. The van der Waals surface area contributed by atoms with Crippen LogP contribution in [0.2, 0.25) is 0 Å². The average Bonchev–Trinajstić information content (AvgIpc) is 2.92. The van der Waals surface area contributed by atoms with Crippen LogP contribution in [-0.2, 0) is 11.3 Å². The zero-order valence-electron chi connectivity index (χ0n) is 11.3. The molecule has 1 aliphatic rings. The van der Waals surface area contributed by atoms with Crippen molar-refractivity contribution >= 4 is 5.91 Å². The van der Waals surface area contributed by atoms with Crippen LogP contribution in [0.25, 0.3) is 0 Å². The second-order valence-corrected chi connectivity index (χ2v) is 4.84. The molecule has 1 aromatic carbocycles. The Hall–Kier alpha value is -1.62. The monoisotopic (exact) mass is 266 g/mol. The summed E-state index contributed by atoms with van der Waals surface area (Å²) in [4.78, 5) is 13.8. The quantitative estimate of drug-likeness (QED) is 0.895. The summed E-state index contributed by atoms with van der Waals surface area (Å²) in [7, 11) is 3.28. The lowest BCUT2D eigenvalue weighted by Crippen LogP contribution is -2.33. The number of benzene rings is 1. The van der Waals surface area contributed by atoms with E-state index in [-0.39, 0.29) is 17.6 Å². The molecule has 0 radical (unpaired) electrons. The summed E-state index contributed by atoms with van der Waals surface area (Å²) >= 11 is 0. The van der Waals surface area contributed by atoms with Gasteiger partial charge in [-0.05, 0) is 31.2 Å². The van der Waals surface area contributed by atoms with E-state index in [1.54, 1.807) is 25.1 Å². The van der Waals surface area contributed by atoms with Crippen LogP contribution in [0.1, 0.15) is 12.0 Å². The highest BCUT2D eigenvalue weighted by Gasteiger charge is 2.25. The second-order valence-electron chi connectivity index (χ2n) is 4.84. The molecule has 1 amide bonds. The maximum Gasteiger partial charge on any atom is 0.227 e. The van der Waals surface area contributed by atoms with Gasteiger partial charge in [-0.1, -0.05) is 0 Å². The Labute approximate surface area is 112 Å². The van der Waals surface area contributed by atoms with Crippen LogP contribution in [-0.4, -0.2) is 38.1 Å². The molecule has 2 rings (SSSR count). The van der Waals surface area contributed by atoms with Crippen molar-refractivity contribution in [2.45, 2.75) is 13.0 Å². The highest BCUT2D eigenvalue weighted by atomic mass is 19.1. The summed E-state index contributed by atoms with van der Waals surface area (Å²) in [6.07, 6.45) is 0.865. The zero-order valence-corrected chi connectivity index (χ0v) is 11.3. The van der Waals surface area contributed by atoms with Gasteiger partial charge in [0.25, 0.3) is 0 Å². The molecule has 1 saturated heterocycles. The standard InChI is InChI=1S/C14H19FN2O2/c1-17(14(18)10-5-6-16-8-10)9-11-7-12(15)3-4-13(11)19-2/h3-4,7,10,16H,5-6,8-9H2,1-2H3. The van der Waals surface area contributed by atoms with Crippen molar-refractivity contribution in [3.05, 3.63) is 29.6 Å². The average molecular weight is 266 g/mol. The molecule has 104 valence electrons. The molecule has 1 fully saturated rings. The number of methoxy groups -OCH3 is 1. The van der Waals surface area contributed by atoms with Gasteiger partial charge in [0, 0.05) is 25.7 Å². The van der Waals surface area contributed by atoms with Gasteiger partial charge in [-0.3, -0.25) is 4.79 Å². The van der Waals surface area contributed by atoms with E-state index in [4.69, 9.17) is 4.74 Å². The van der Waals surface area contributed by atoms with Gasteiger partial charge < -0.3 is 15.0 Å². The number of hydrogen-bond acceptors (Lipinski definition) is 3. The predicted molar refractivity (Wildman–Crippen MR) is 70.4 cm³/mol. The van der Waals surface area contributed by atoms with Gasteiger partial charge >= 0.3 is 0 Å². The van der Waals surface area contributed by atoms with Gasteiger partial charge in [0.1, 0.15) is 11.6 Å². The second kappa shape index (κ2) is 6.02. The number of amides is 1. The molecule has 0 aromatic heterocycles. The topological polar surface area (TPSA) is 41.6 Å². The lowest BCUT2D eigenvalue weighted by atomic mass is 10.1. The Bertz CT molecular complexity index is 459. The van der Waals surface area contributed by atoms with E-state index in [2.05, 4.69) is 5.32 Å². The third-order valence-corrected chi connectivity index (χ3v) is 3.44. The van der Waals surface area contributed by atoms with Crippen LogP contribution < -0.4 is 10.1 Å². The van der Waals surface area contributed by atoms with E-state index in [9.17, 15) is 9.18 Å². The van der Waals surface area contributed by atoms with Crippen LogP contribution in [0.3, 0.4) is 0 Å². The van der Waals surface area contributed by atoms with Crippen LogP contribution in [0.4, 0.5) is 4.39 Å². The summed E-state index contributed by atoms with van der Waals surface area (Å²) < 4.78 is 18.5. The molecule has 1 unspecified atom stereocenters. The Morgan fingerprint density at radius 1 is 1.58 bits per heavy atom. The van der Waals surface area contributed by atoms with Gasteiger partial charge in [0.05, 0.1) is 13.0 Å². The van der Waals surface area contributed by atoms with Crippen LogP contribution in [0.15, 0.2) is 18.2 Å². The maximum absolute atomic E-state index is 13.3. The van der Waals surface area contributed by atoms with Crippen molar-refractivity contribution in [1.82, 2.24) is 10.2 Å². The SMILES string of the molecule is COc1ccc(F)cc1CN(C)C(=O)C1CCNC1. The summed E-state index contributed by atoms with van der Waals surface area (Å²) in [5, 5.41) is 3.17. The maximum atomic E-state index is 13.3. The van der Waals surface area contributed by atoms with E-state index < -0.39 is 0 Å². The molecule has 5 heteroatoms. The van der Waals surface area contributed by atoms with Crippen LogP contribution in [0, 0.1) is 11.7 Å². The van der Waals surface area contributed by atoms with Crippen LogP contribution in [0.5, 0.6) is 5.75 Å². The fourth-order valence-corrected chi connectivity index (χ4v) is 2.38. The largest absolute Gasteiger partial charge is 0.496 e. The van der Waals surface area contributed by atoms with Crippen LogP contribution >= 0.6 is 0 Å². The highest BCUT2D eigenvalue weighted by Crippen LogP contribution is 2.22. The first-order chi connectivity index (χ1) is 9.11. The Balaban J connectivity index is 2.07. The number of hydrogen-bond donors (Lipinski definition) is 1. The summed E-state index contributed by atoms with van der Waals surface area (Å²) in [5.41, 5.74) is 0.685. The highest BCUT2D eigenvalue weighted by molar-refractivity contribution is 5.79. The molecule has 1 N–H and O–H groups in total. The molecule has 1 aromatic rings. The molecular weight excluding hydrogens is 247 g/mol. The lowest BCUT2D eigenvalue weighted by molar-refractivity contribution is -0.134. The molecule has 0 aliphatic carbocycles. The Kier molecular flexibility index (Phi) is 4.37. The minimum atomic E-state index is -0.320. The molecule has 1 heterocycles. The van der Waals surface area contributed by atoms with Gasteiger partial charge in [0.2, 0.25) is 5.91 Å². The number of nitrogens with zero attached hydrogens (tertiary/aromatic N) is 1. The zero-order chi connectivity index (χ0) is 13.8. The number of carbonyl (C=O) groups excluding carboxylic acids is 1. The number of nitrogens with one attached hydrogen (secondary N) is 1. The van der Waals surface area contributed by atoms with Crippen molar-refractivity contribution in [2.24, 2.45) is 5.92 Å². The van der Waals surface area contributed by atoms with Crippen molar-refractivity contribution in [1.29, 1.82) is 0 Å². The minimum Gasteiger partial charge on any atom is -0.496 e. The fourth-order valence-electron chi connectivity index (χ4n) is 2.38. The number of rotatable bonds is 4. The van der Waals surface area contributed by atoms with E-state index in [0.29, 0.717) is 17.9 Å².